The third-order valence-corrected chi connectivity index (χ3v) is 2.98. The smallest absolute Gasteiger partial charge is 0.0455 e. The Kier molecular flexibility index (Phi) is 3.27. The molecule has 0 aliphatic carbocycles. The zero-order valence-electron chi connectivity index (χ0n) is 9.61. The molecule has 0 amide bonds. The van der Waals surface area contributed by atoms with Crippen molar-refractivity contribution in [2.45, 2.75) is 25.7 Å². The minimum atomic E-state index is 0.246. The van der Waals surface area contributed by atoms with E-state index < -0.39 is 0 Å². The maximum Gasteiger partial charge on any atom is 0.0455 e. The number of rotatable bonds is 3. The van der Waals surface area contributed by atoms with Crippen molar-refractivity contribution in [2.24, 2.45) is 0 Å². The molecule has 2 rings (SSSR count). The number of hydrogen-bond acceptors (Lipinski definition) is 0. The first-order valence-corrected chi connectivity index (χ1v) is 5.80. The van der Waals surface area contributed by atoms with E-state index in [0.717, 1.165) is 12.8 Å². The molecule has 1 unspecified atom stereocenters. The Hall–Kier alpha value is -1.74. The number of hydrogen-bond donors (Lipinski definition) is 0. The Balaban J connectivity index is 2.55. The average molecular weight is 208 g/mol. The highest BCUT2D eigenvalue weighted by atomic mass is 14.1. The molecule has 0 N–H and O–H groups in total. The van der Waals surface area contributed by atoms with Crippen molar-refractivity contribution >= 4 is 10.8 Å². The van der Waals surface area contributed by atoms with Gasteiger partial charge in [0.25, 0.3) is 0 Å². The van der Waals surface area contributed by atoms with Gasteiger partial charge < -0.3 is 0 Å². The summed E-state index contributed by atoms with van der Waals surface area (Å²) in [5.74, 6) is 3.16. The standard InChI is InChI=1S/C16H16/c1-3-8-13(4-2)15-12-7-10-14-9-5-6-11-16(14)15/h2,5-7,9-13H,3,8H2,1H3. The lowest BCUT2D eigenvalue weighted by atomic mass is 9.91. The van der Waals surface area contributed by atoms with Gasteiger partial charge in [0.15, 0.2) is 0 Å². The van der Waals surface area contributed by atoms with Crippen LogP contribution in [-0.2, 0) is 0 Å². The maximum absolute atomic E-state index is 5.63. The van der Waals surface area contributed by atoms with Crippen molar-refractivity contribution in [3.8, 4) is 12.3 Å². The summed E-state index contributed by atoms with van der Waals surface area (Å²) in [5.41, 5.74) is 1.29. The number of benzene rings is 2. The fraction of sp³-hybridized carbons (Fsp3) is 0.250. The van der Waals surface area contributed by atoms with Crippen molar-refractivity contribution in [3.05, 3.63) is 48.0 Å². The van der Waals surface area contributed by atoms with Crippen LogP contribution in [0.5, 0.6) is 0 Å². The van der Waals surface area contributed by atoms with Crippen molar-refractivity contribution in [2.75, 3.05) is 0 Å². The number of fused-ring (bicyclic) bond motifs is 1. The summed E-state index contributed by atoms with van der Waals surface area (Å²) < 4.78 is 0. The first-order chi connectivity index (χ1) is 7.86. The molecule has 0 spiro atoms. The molecular formula is C16H16. The maximum atomic E-state index is 5.63. The summed E-state index contributed by atoms with van der Waals surface area (Å²) in [6.45, 7) is 2.18. The van der Waals surface area contributed by atoms with Gasteiger partial charge in [-0.05, 0) is 22.8 Å². The molecule has 0 aromatic heterocycles. The summed E-state index contributed by atoms with van der Waals surface area (Å²) in [6.07, 6.45) is 7.82. The molecule has 0 saturated heterocycles. The Morgan fingerprint density at radius 2 is 1.88 bits per heavy atom. The van der Waals surface area contributed by atoms with Gasteiger partial charge in [0.1, 0.15) is 0 Å². The van der Waals surface area contributed by atoms with Gasteiger partial charge in [-0.25, -0.2) is 0 Å². The first kappa shape index (κ1) is 10.8. The SMILES string of the molecule is C#CC(CCC)c1cccc2ccccc12. The zero-order chi connectivity index (χ0) is 11.4. The van der Waals surface area contributed by atoms with Crippen LogP contribution < -0.4 is 0 Å². The van der Waals surface area contributed by atoms with Gasteiger partial charge in [0.05, 0.1) is 0 Å². The Labute approximate surface area is 97.3 Å². The summed E-state index contributed by atoms with van der Waals surface area (Å²) >= 11 is 0. The van der Waals surface area contributed by atoms with Crippen LogP contribution in [0.3, 0.4) is 0 Å². The quantitative estimate of drug-likeness (QED) is 0.657. The lowest BCUT2D eigenvalue weighted by Gasteiger charge is -2.12. The predicted molar refractivity (Wildman–Crippen MR) is 70.4 cm³/mol. The normalized spacial score (nSPS) is 12.2. The molecule has 0 radical (unpaired) electrons. The van der Waals surface area contributed by atoms with E-state index in [9.17, 15) is 0 Å². The molecule has 16 heavy (non-hydrogen) atoms. The third-order valence-electron chi connectivity index (χ3n) is 2.98. The molecule has 2 aromatic rings. The topological polar surface area (TPSA) is 0 Å². The molecule has 1 atom stereocenters. The monoisotopic (exact) mass is 208 g/mol. The van der Waals surface area contributed by atoms with Crippen molar-refractivity contribution in [3.63, 3.8) is 0 Å². The van der Waals surface area contributed by atoms with Crippen molar-refractivity contribution in [1.29, 1.82) is 0 Å². The Morgan fingerprint density at radius 1 is 1.12 bits per heavy atom. The summed E-state index contributed by atoms with van der Waals surface area (Å²) in [6, 6.07) is 14.8. The van der Waals surface area contributed by atoms with E-state index in [0.29, 0.717) is 0 Å². The molecule has 0 bridgehead atoms. The van der Waals surface area contributed by atoms with Crippen LogP contribution in [0.1, 0.15) is 31.2 Å². The van der Waals surface area contributed by atoms with Gasteiger partial charge in [-0.15, -0.1) is 6.42 Å². The van der Waals surface area contributed by atoms with Crippen molar-refractivity contribution in [1.82, 2.24) is 0 Å². The van der Waals surface area contributed by atoms with Gasteiger partial charge in [-0.1, -0.05) is 61.7 Å². The predicted octanol–water partition coefficient (Wildman–Crippen LogP) is 4.36. The van der Waals surface area contributed by atoms with Crippen LogP contribution in [0.15, 0.2) is 42.5 Å². The molecule has 0 fully saturated rings. The minimum Gasteiger partial charge on any atom is -0.119 e. The second-order valence-electron chi connectivity index (χ2n) is 4.08. The molecule has 0 aliphatic rings. The summed E-state index contributed by atoms with van der Waals surface area (Å²) in [5, 5.41) is 2.57. The summed E-state index contributed by atoms with van der Waals surface area (Å²) in [7, 11) is 0. The fourth-order valence-electron chi connectivity index (χ4n) is 2.17. The zero-order valence-corrected chi connectivity index (χ0v) is 9.61. The van der Waals surface area contributed by atoms with Crippen LogP contribution in [0, 0.1) is 12.3 Å². The molecule has 0 heteroatoms. The molecule has 2 aromatic carbocycles. The average Bonchev–Trinajstić information content (AvgIpc) is 2.35. The minimum absolute atomic E-state index is 0.246. The van der Waals surface area contributed by atoms with Gasteiger partial charge in [0.2, 0.25) is 0 Å². The second-order valence-corrected chi connectivity index (χ2v) is 4.08. The van der Waals surface area contributed by atoms with Gasteiger partial charge in [0, 0.05) is 5.92 Å². The Morgan fingerprint density at radius 3 is 2.62 bits per heavy atom. The molecular weight excluding hydrogens is 192 g/mol. The van der Waals surface area contributed by atoms with E-state index in [-0.39, 0.29) is 5.92 Å². The highest BCUT2D eigenvalue weighted by Gasteiger charge is 2.09. The number of terminal acetylenes is 1. The van der Waals surface area contributed by atoms with Crippen LogP contribution >= 0.6 is 0 Å². The largest absolute Gasteiger partial charge is 0.119 e. The van der Waals surface area contributed by atoms with E-state index in [4.69, 9.17) is 6.42 Å². The van der Waals surface area contributed by atoms with Gasteiger partial charge in [-0.3, -0.25) is 0 Å². The van der Waals surface area contributed by atoms with Crippen molar-refractivity contribution < 1.29 is 0 Å². The first-order valence-electron chi connectivity index (χ1n) is 5.80. The highest BCUT2D eigenvalue weighted by molar-refractivity contribution is 5.86. The van der Waals surface area contributed by atoms with E-state index in [1.165, 1.54) is 16.3 Å². The van der Waals surface area contributed by atoms with Crippen LogP contribution in [0.2, 0.25) is 0 Å². The molecule has 0 aliphatic heterocycles. The fourth-order valence-corrected chi connectivity index (χ4v) is 2.17. The highest BCUT2D eigenvalue weighted by Crippen LogP contribution is 2.28. The lowest BCUT2D eigenvalue weighted by molar-refractivity contribution is 0.739. The van der Waals surface area contributed by atoms with E-state index in [1.54, 1.807) is 0 Å². The Bertz CT molecular complexity index is 512. The molecule has 0 saturated carbocycles. The van der Waals surface area contributed by atoms with E-state index in [2.05, 4.69) is 55.3 Å². The van der Waals surface area contributed by atoms with Gasteiger partial charge >= 0.3 is 0 Å². The third kappa shape index (κ3) is 1.95. The van der Waals surface area contributed by atoms with E-state index >= 15 is 0 Å². The van der Waals surface area contributed by atoms with Crippen LogP contribution in [0.25, 0.3) is 10.8 Å². The van der Waals surface area contributed by atoms with Crippen LogP contribution in [-0.4, -0.2) is 0 Å². The van der Waals surface area contributed by atoms with Crippen LogP contribution in [0.4, 0.5) is 0 Å². The summed E-state index contributed by atoms with van der Waals surface area (Å²) in [4.78, 5) is 0. The second kappa shape index (κ2) is 4.86. The molecule has 80 valence electrons. The molecule has 0 heterocycles. The lowest BCUT2D eigenvalue weighted by Crippen LogP contribution is -1.96. The molecule has 0 nitrogen and oxygen atoms in total. The van der Waals surface area contributed by atoms with Gasteiger partial charge in [-0.2, -0.15) is 0 Å². The van der Waals surface area contributed by atoms with E-state index in [1.807, 2.05) is 0 Å².